The largest absolute Gasteiger partial charge is 0.347 e. The van der Waals surface area contributed by atoms with Crippen molar-refractivity contribution in [1.82, 2.24) is 14.5 Å². The van der Waals surface area contributed by atoms with Gasteiger partial charge in [0.15, 0.2) is 4.77 Å². The van der Waals surface area contributed by atoms with E-state index in [0.717, 1.165) is 0 Å². The van der Waals surface area contributed by atoms with E-state index in [1.54, 1.807) is 30.8 Å². The van der Waals surface area contributed by atoms with E-state index in [-0.39, 0.29) is 18.3 Å². The number of likely N-dealkylation sites (N-methyl/N-ethyl adjacent to an activating group) is 1. The molecule has 0 aliphatic carbocycles. The van der Waals surface area contributed by atoms with Gasteiger partial charge in [-0.05, 0) is 24.4 Å². The zero-order valence-corrected chi connectivity index (χ0v) is 10.3. The third-order valence-corrected chi connectivity index (χ3v) is 2.87. The van der Waals surface area contributed by atoms with Crippen LogP contribution in [0.1, 0.15) is 0 Å². The fourth-order valence-corrected chi connectivity index (χ4v) is 1.84. The van der Waals surface area contributed by atoms with Gasteiger partial charge in [-0.3, -0.25) is 4.79 Å². The Morgan fingerprint density at radius 3 is 2.88 bits per heavy atom. The summed E-state index contributed by atoms with van der Waals surface area (Å²) >= 11 is 5.09. The molecule has 2 rings (SSSR count). The SMILES string of the molecule is CN(C)C(=O)Cn1c(=S)[nH]c2c(F)cccc21. The molecule has 0 aliphatic heterocycles. The number of carbonyl (C=O) groups is 1. The van der Waals surface area contributed by atoms with Gasteiger partial charge in [0.1, 0.15) is 17.9 Å². The van der Waals surface area contributed by atoms with Crippen LogP contribution in [-0.4, -0.2) is 34.5 Å². The molecular formula is C11H12FN3OS. The molecule has 0 fully saturated rings. The molecule has 0 spiro atoms. The van der Waals surface area contributed by atoms with Gasteiger partial charge in [0.2, 0.25) is 5.91 Å². The van der Waals surface area contributed by atoms with Crippen molar-refractivity contribution in [2.45, 2.75) is 6.54 Å². The Labute approximate surface area is 103 Å². The van der Waals surface area contributed by atoms with Gasteiger partial charge in [-0.1, -0.05) is 6.07 Å². The van der Waals surface area contributed by atoms with E-state index in [1.807, 2.05) is 0 Å². The number of carbonyl (C=O) groups excluding carboxylic acids is 1. The Kier molecular flexibility index (Phi) is 2.97. The number of H-pyrrole nitrogens is 1. The molecule has 1 N–H and O–H groups in total. The molecule has 2 aromatic rings. The quantitative estimate of drug-likeness (QED) is 0.831. The molecule has 4 nitrogen and oxygen atoms in total. The first-order chi connectivity index (χ1) is 8.00. The number of aromatic nitrogens is 2. The third-order valence-electron chi connectivity index (χ3n) is 2.55. The molecule has 1 aromatic heterocycles. The summed E-state index contributed by atoms with van der Waals surface area (Å²) in [6, 6.07) is 4.68. The summed E-state index contributed by atoms with van der Waals surface area (Å²) in [6.07, 6.45) is 0. The molecule has 1 heterocycles. The predicted octanol–water partition coefficient (Wildman–Crippen LogP) is 1.93. The highest BCUT2D eigenvalue weighted by Crippen LogP contribution is 2.17. The van der Waals surface area contributed by atoms with Gasteiger partial charge in [0.05, 0.1) is 5.52 Å². The molecule has 6 heteroatoms. The number of hydrogen-bond acceptors (Lipinski definition) is 2. The Morgan fingerprint density at radius 1 is 1.53 bits per heavy atom. The second kappa shape index (κ2) is 4.29. The van der Waals surface area contributed by atoms with Gasteiger partial charge >= 0.3 is 0 Å². The minimum Gasteiger partial charge on any atom is -0.347 e. The zero-order chi connectivity index (χ0) is 12.6. The van der Waals surface area contributed by atoms with E-state index in [2.05, 4.69) is 4.98 Å². The van der Waals surface area contributed by atoms with Crippen LogP contribution in [0.3, 0.4) is 0 Å². The number of fused-ring (bicyclic) bond motifs is 1. The van der Waals surface area contributed by atoms with Crippen molar-refractivity contribution in [2.75, 3.05) is 14.1 Å². The van der Waals surface area contributed by atoms with Crippen molar-refractivity contribution in [3.8, 4) is 0 Å². The topological polar surface area (TPSA) is 41.0 Å². The first-order valence-corrected chi connectivity index (χ1v) is 5.48. The number of aromatic amines is 1. The van der Waals surface area contributed by atoms with Crippen LogP contribution in [0.5, 0.6) is 0 Å². The van der Waals surface area contributed by atoms with Crippen molar-refractivity contribution in [2.24, 2.45) is 0 Å². The molecule has 17 heavy (non-hydrogen) atoms. The Hall–Kier alpha value is -1.69. The number of nitrogens with one attached hydrogen (secondary N) is 1. The molecule has 0 radical (unpaired) electrons. The van der Waals surface area contributed by atoms with E-state index in [0.29, 0.717) is 15.8 Å². The second-order valence-electron chi connectivity index (χ2n) is 3.94. The summed E-state index contributed by atoms with van der Waals surface area (Å²) in [5.74, 6) is -0.462. The fraction of sp³-hybridized carbons (Fsp3) is 0.273. The lowest BCUT2D eigenvalue weighted by atomic mass is 10.3. The molecular weight excluding hydrogens is 241 g/mol. The summed E-state index contributed by atoms with van der Waals surface area (Å²) in [6.45, 7) is 0.106. The van der Waals surface area contributed by atoms with Crippen molar-refractivity contribution >= 4 is 29.2 Å². The number of halogens is 1. The molecule has 0 saturated heterocycles. The summed E-state index contributed by atoms with van der Waals surface area (Å²) in [5.41, 5.74) is 0.939. The van der Waals surface area contributed by atoms with E-state index in [1.165, 1.54) is 11.0 Å². The number of benzene rings is 1. The highest BCUT2D eigenvalue weighted by Gasteiger charge is 2.12. The maximum Gasteiger partial charge on any atom is 0.242 e. The summed E-state index contributed by atoms with van der Waals surface area (Å²) in [7, 11) is 3.34. The van der Waals surface area contributed by atoms with Crippen LogP contribution in [0.25, 0.3) is 11.0 Å². The maximum atomic E-state index is 13.5. The Balaban J connectivity index is 2.55. The number of para-hydroxylation sites is 1. The fourth-order valence-electron chi connectivity index (χ4n) is 1.58. The van der Waals surface area contributed by atoms with Crippen molar-refractivity contribution in [1.29, 1.82) is 0 Å². The molecule has 0 bridgehead atoms. The van der Waals surface area contributed by atoms with E-state index < -0.39 is 0 Å². The number of rotatable bonds is 2. The van der Waals surface area contributed by atoms with Crippen LogP contribution >= 0.6 is 12.2 Å². The zero-order valence-electron chi connectivity index (χ0n) is 9.53. The van der Waals surface area contributed by atoms with E-state index in [4.69, 9.17) is 12.2 Å². The lowest BCUT2D eigenvalue weighted by molar-refractivity contribution is -0.129. The normalized spacial score (nSPS) is 10.8. The Bertz CT molecular complexity index is 629. The van der Waals surface area contributed by atoms with Crippen LogP contribution in [0.15, 0.2) is 18.2 Å². The predicted molar refractivity (Wildman–Crippen MR) is 65.8 cm³/mol. The summed E-state index contributed by atoms with van der Waals surface area (Å²) in [4.78, 5) is 15.9. The molecule has 1 aromatic carbocycles. The average Bonchev–Trinajstić information content (AvgIpc) is 2.58. The Morgan fingerprint density at radius 2 is 2.24 bits per heavy atom. The maximum absolute atomic E-state index is 13.5. The van der Waals surface area contributed by atoms with E-state index >= 15 is 0 Å². The highest BCUT2D eigenvalue weighted by molar-refractivity contribution is 7.71. The average molecular weight is 253 g/mol. The molecule has 1 amide bonds. The van der Waals surface area contributed by atoms with Gasteiger partial charge in [0.25, 0.3) is 0 Å². The molecule has 0 unspecified atom stereocenters. The monoisotopic (exact) mass is 253 g/mol. The van der Waals surface area contributed by atoms with Gasteiger partial charge < -0.3 is 14.5 Å². The van der Waals surface area contributed by atoms with Crippen LogP contribution in [-0.2, 0) is 11.3 Å². The van der Waals surface area contributed by atoms with Gasteiger partial charge in [-0.15, -0.1) is 0 Å². The first kappa shape index (κ1) is 11.8. The molecule has 90 valence electrons. The number of hydrogen-bond donors (Lipinski definition) is 1. The van der Waals surface area contributed by atoms with Crippen LogP contribution in [0.2, 0.25) is 0 Å². The van der Waals surface area contributed by atoms with Gasteiger partial charge in [-0.25, -0.2) is 4.39 Å². The molecule has 0 aliphatic rings. The van der Waals surface area contributed by atoms with Crippen LogP contribution < -0.4 is 0 Å². The van der Waals surface area contributed by atoms with E-state index in [9.17, 15) is 9.18 Å². The first-order valence-electron chi connectivity index (χ1n) is 5.08. The molecule has 0 atom stereocenters. The highest BCUT2D eigenvalue weighted by atomic mass is 32.1. The van der Waals surface area contributed by atoms with Crippen molar-refractivity contribution < 1.29 is 9.18 Å². The van der Waals surface area contributed by atoms with Crippen LogP contribution in [0, 0.1) is 10.6 Å². The van der Waals surface area contributed by atoms with Crippen LogP contribution in [0.4, 0.5) is 4.39 Å². The van der Waals surface area contributed by atoms with Gasteiger partial charge in [-0.2, -0.15) is 0 Å². The third kappa shape index (κ3) is 2.08. The lowest BCUT2D eigenvalue weighted by Crippen LogP contribution is -2.26. The summed E-state index contributed by atoms with van der Waals surface area (Å²) in [5, 5.41) is 0. The molecule has 0 saturated carbocycles. The number of amides is 1. The number of imidazole rings is 1. The lowest BCUT2D eigenvalue weighted by Gasteiger charge is -2.11. The van der Waals surface area contributed by atoms with Crippen molar-refractivity contribution in [3.63, 3.8) is 0 Å². The van der Waals surface area contributed by atoms with Crippen molar-refractivity contribution in [3.05, 3.63) is 28.8 Å². The standard InChI is InChI=1S/C11H12FN3OS/c1-14(2)9(16)6-15-8-5-3-4-7(12)10(8)13-11(15)17/h3-5H,6H2,1-2H3,(H,13,17). The van der Waals surface area contributed by atoms with Gasteiger partial charge in [0, 0.05) is 14.1 Å². The number of nitrogens with zero attached hydrogens (tertiary/aromatic N) is 2. The smallest absolute Gasteiger partial charge is 0.242 e. The minimum atomic E-state index is -0.371. The second-order valence-corrected chi connectivity index (χ2v) is 4.33. The minimum absolute atomic E-state index is 0.0914. The summed E-state index contributed by atoms with van der Waals surface area (Å²) < 4.78 is 15.4.